The van der Waals surface area contributed by atoms with Crippen LogP contribution in [0.4, 0.5) is 0 Å². The summed E-state index contributed by atoms with van der Waals surface area (Å²) in [7, 11) is 1.44. The van der Waals surface area contributed by atoms with Gasteiger partial charge in [0.2, 0.25) is 0 Å². The Bertz CT molecular complexity index is 218. The molecule has 0 N–H and O–H groups in total. The molecule has 1 fully saturated rings. The van der Waals surface area contributed by atoms with Gasteiger partial charge in [-0.15, -0.1) is 0 Å². The van der Waals surface area contributed by atoms with E-state index in [1.165, 1.54) is 12.6 Å². The number of hydrogen-bond donors (Lipinski definition) is 0. The Morgan fingerprint density at radius 2 is 2.43 bits per heavy atom. The molecule has 0 spiro atoms. The predicted octanol–water partition coefficient (Wildman–Crippen LogP) is 1.77. The Kier molecular flexibility index (Phi) is 4.98. The van der Waals surface area contributed by atoms with E-state index in [2.05, 4.69) is 4.90 Å². The van der Waals surface area contributed by atoms with Gasteiger partial charge in [-0.1, -0.05) is 24.1 Å². The Morgan fingerprint density at radius 3 is 3.07 bits per heavy atom. The molecule has 0 bridgehead atoms. The molecule has 3 nitrogen and oxygen atoms in total. The summed E-state index contributed by atoms with van der Waals surface area (Å²) in [6, 6.07) is -0.0818. The maximum atomic E-state index is 11.4. The Morgan fingerprint density at radius 1 is 1.64 bits per heavy atom. The van der Waals surface area contributed by atoms with Crippen molar-refractivity contribution in [2.24, 2.45) is 0 Å². The number of esters is 1. The Hall–Kier alpha value is -0.540. The molecule has 0 aliphatic carbocycles. The van der Waals surface area contributed by atoms with Crippen LogP contribution in [-0.2, 0) is 9.53 Å². The molecule has 0 radical (unpaired) electrons. The second-order valence-corrected chi connectivity index (χ2v) is 3.64. The van der Waals surface area contributed by atoms with Crippen molar-refractivity contribution in [1.82, 2.24) is 4.90 Å². The highest BCUT2D eigenvalue weighted by molar-refractivity contribution is 6.25. The highest BCUT2D eigenvalue weighted by Gasteiger charge is 2.28. The fourth-order valence-electron chi connectivity index (χ4n) is 1.79. The van der Waals surface area contributed by atoms with Crippen molar-refractivity contribution in [3.05, 3.63) is 11.6 Å². The lowest BCUT2D eigenvalue weighted by atomic mass is 10.0. The van der Waals surface area contributed by atoms with E-state index in [4.69, 9.17) is 16.3 Å². The maximum absolute atomic E-state index is 11.4. The van der Waals surface area contributed by atoms with Crippen LogP contribution < -0.4 is 0 Å². The minimum atomic E-state index is -0.132. The van der Waals surface area contributed by atoms with Crippen molar-refractivity contribution < 1.29 is 9.53 Å². The lowest BCUT2D eigenvalue weighted by Crippen LogP contribution is -2.45. The van der Waals surface area contributed by atoms with E-state index in [1.54, 1.807) is 0 Å². The third-order valence-electron chi connectivity index (χ3n) is 2.52. The zero-order valence-corrected chi connectivity index (χ0v) is 9.17. The number of methoxy groups -OCH3 is 1. The first-order chi connectivity index (χ1) is 6.79. The largest absolute Gasteiger partial charge is 0.468 e. The number of hydrogen-bond acceptors (Lipinski definition) is 3. The number of nitrogens with zero attached hydrogens (tertiary/aromatic N) is 1. The van der Waals surface area contributed by atoms with Crippen LogP contribution in [-0.4, -0.2) is 37.1 Å². The summed E-state index contributed by atoms with van der Waals surface area (Å²) in [4.78, 5) is 13.5. The van der Waals surface area contributed by atoms with E-state index < -0.39 is 0 Å². The first-order valence-electron chi connectivity index (χ1n) is 4.86. The molecule has 0 saturated carbocycles. The van der Waals surface area contributed by atoms with Crippen LogP contribution >= 0.6 is 11.6 Å². The number of piperidine rings is 1. The molecule has 1 saturated heterocycles. The minimum absolute atomic E-state index is 0.0818. The summed E-state index contributed by atoms with van der Waals surface area (Å²) >= 11 is 5.46. The number of rotatable bonds is 3. The lowest BCUT2D eigenvalue weighted by Gasteiger charge is -2.32. The SMILES string of the molecule is COC(=O)C1CCCCN1C/C=C/Cl. The van der Waals surface area contributed by atoms with Crippen LogP contribution in [0, 0.1) is 0 Å². The molecule has 0 aromatic carbocycles. The van der Waals surface area contributed by atoms with Crippen LogP contribution in [0.5, 0.6) is 0 Å². The number of halogens is 1. The number of carbonyl (C=O) groups excluding carboxylic acids is 1. The molecular weight excluding hydrogens is 202 g/mol. The topological polar surface area (TPSA) is 29.5 Å². The summed E-state index contributed by atoms with van der Waals surface area (Å²) in [6.07, 6.45) is 4.98. The molecule has 0 amide bonds. The van der Waals surface area contributed by atoms with Crippen LogP contribution in [0.15, 0.2) is 11.6 Å². The number of likely N-dealkylation sites (tertiary alicyclic amines) is 1. The average molecular weight is 218 g/mol. The predicted molar refractivity (Wildman–Crippen MR) is 56.2 cm³/mol. The van der Waals surface area contributed by atoms with Crippen molar-refractivity contribution in [2.45, 2.75) is 25.3 Å². The fourth-order valence-corrected chi connectivity index (χ4v) is 1.87. The molecule has 14 heavy (non-hydrogen) atoms. The third-order valence-corrected chi connectivity index (χ3v) is 2.69. The van der Waals surface area contributed by atoms with Crippen LogP contribution in [0.1, 0.15) is 19.3 Å². The van der Waals surface area contributed by atoms with E-state index in [0.29, 0.717) is 0 Å². The molecule has 4 heteroatoms. The van der Waals surface area contributed by atoms with Gasteiger partial charge in [0.1, 0.15) is 6.04 Å². The molecule has 1 unspecified atom stereocenters. The molecule has 1 heterocycles. The monoisotopic (exact) mass is 217 g/mol. The second-order valence-electron chi connectivity index (χ2n) is 3.39. The van der Waals surface area contributed by atoms with Gasteiger partial charge in [-0.2, -0.15) is 0 Å². The van der Waals surface area contributed by atoms with E-state index >= 15 is 0 Å². The first kappa shape index (κ1) is 11.5. The van der Waals surface area contributed by atoms with Gasteiger partial charge >= 0.3 is 5.97 Å². The van der Waals surface area contributed by atoms with Gasteiger partial charge in [0, 0.05) is 12.1 Å². The quantitative estimate of drug-likeness (QED) is 0.675. The zero-order chi connectivity index (χ0) is 10.4. The van der Waals surface area contributed by atoms with Crippen molar-refractivity contribution in [3.8, 4) is 0 Å². The first-order valence-corrected chi connectivity index (χ1v) is 5.30. The van der Waals surface area contributed by atoms with Gasteiger partial charge in [0.15, 0.2) is 0 Å². The summed E-state index contributed by atoms with van der Waals surface area (Å²) in [6.45, 7) is 1.67. The fraction of sp³-hybridized carbons (Fsp3) is 0.700. The van der Waals surface area contributed by atoms with E-state index in [0.717, 1.165) is 32.4 Å². The smallest absolute Gasteiger partial charge is 0.323 e. The van der Waals surface area contributed by atoms with Crippen molar-refractivity contribution in [2.75, 3.05) is 20.2 Å². The van der Waals surface area contributed by atoms with Crippen LogP contribution in [0.25, 0.3) is 0 Å². The van der Waals surface area contributed by atoms with Crippen molar-refractivity contribution in [3.63, 3.8) is 0 Å². The molecule has 80 valence electrons. The van der Waals surface area contributed by atoms with Gasteiger partial charge in [-0.05, 0) is 19.4 Å². The molecule has 1 aliphatic heterocycles. The van der Waals surface area contributed by atoms with Gasteiger partial charge in [-0.3, -0.25) is 9.69 Å². The lowest BCUT2D eigenvalue weighted by molar-refractivity contribution is -0.148. The van der Waals surface area contributed by atoms with E-state index in [1.807, 2.05) is 6.08 Å². The van der Waals surface area contributed by atoms with Gasteiger partial charge in [0.05, 0.1) is 7.11 Å². The molecule has 1 atom stereocenters. The normalized spacial score (nSPS) is 24.0. The van der Waals surface area contributed by atoms with Gasteiger partial charge in [0.25, 0.3) is 0 Å². The molecule has 0 aromatic heterocycles. The van der Waals surface area contributed by atoms with Crippen molar-refractivity contribution >= 4 is 17.6 Å². The molecule has 1 rings (SSSR count). The molecular formula is C10H16ClNO2. The zero-order valence-electron chi connectivity index (χ0n) is 8.41. The Labute approximate surface area is 89.7 Å². The third kappa shape index (κ3) is 3.00. The Balaban J connectivity index is 2.54. The summed E-state index contributed by atoms with van der Waals surface area (Å²) < 4.78 is 4.76. The van der Waals surface area contributed by atoms with Gasteiger partial charge in [-0.25, -0.2) is 0 Å². The highest BCUT2D eigenvalue weighted by Crippen LogP contribution is 2.17. The average Bonchev–Trinajstić information content (AvgIpc) is 2.25. The maximum Gasteiger partial charge on any atom is 0.323 e. The van der Waals surface area contributed by atoms with E-state index in [-0.39, 0.29) is 12.0 Å². The van der Waals surface area contributed by atoms with Gasteiger partial charge < -0.3 is 4.74 Å². The summed E-state index contributed by atoms with van der Waals surface area (Å²) in [5.41, 5.74) is 1.49. The van der Waals surface area contributed by atoms with Crippen molar-refractivity contribution in [1.29, 1.82) is 0 Å². The summed E-state index contributed by atoms with van der Waals surface area (Å²) in [5, 5.41) is 0. The second kappa shape index (κ2) is 6.04. The van der Waals surface area contributed by atoms with Crippen LogP contribution in [0.2, 0.25) is 0 Å². The summed E-state index contributed by atoms with van der Waals surface area (Å²) in [5.74, 6) is -0.132. The van der Waals surface area contributed by atoms with E-state index in [9.17, 15) is 4.79 Å². The molecule has 1 aliphatic rings. The minimum Gasteiger partial charge on any atom is -0.468 e. The highest BCUT2D eigenvalue weighted by atomic mass is 35.5. The number of carbonyl (C=O) groups is 1. The van der Waals surface area contributed by atoms with Crippen LogP contribution in [0.3, 0.4) is 0 Å². The molecule has 0 aromatic rings. The number of ether oxygens (including phenoxy) is 1. The standard InChI is InChI=1S/C10H16ClNO2/c1-14-10(13)9-5-2-3-7-12(9)8-4-6-11/h4,6,9H,2-3,5,7-8H2,1H3/b6-4+.